The van der Waals surface area contributed by atoms with E-state index in [0.717, 1.165) is 5.92 Å². The van der Waals surface area contributed by atoms with Crippen molar-refractivity contribution in [3.8, 4) is 0 Å². The molecule has 0 spiro atoms. The Kier molecular flexibility index (Phi) is 4.04. The van der Waals surface area contributed by atoms with Crippen LogP contribution in [0.3, 0.4) is 0 Å². The molecule has 90 valence electrons. The number of thiophene rings is 1. The topological polar surface area (TPSA) is 12.0 Å². The molecule has 0 aliphatic heterocycles. The van der Waals surface area contributed by atoms with Crippen molar-refractivity contribution in [2.24, 2.45) is 5.92 Å². The number of rotatable bonds is 5. The van der Waals surface area contributed by atoms with Crippen molar-refractivity contribution in [3.63, 3.8) is 0 Å². The lowest BCUT2D eigenvalue weighted by molar-refractivity contribution is 0.388. The van der Waals surface area contributed by atoms with Crippen LogP contribution >= 0.6 is 11.3 Å². The number of hydrogen-bond donors (Lipinski definition) is 1. The molecule has 0 saturated heterocycles. The van der Waals surface area contributed by atoms with Gasteiger partial charge in [-0.25, -0.2) is 0 Å². The zero-order chi connectivity index (χ0) is 11.5. The molecule has 2 unspecified atom stereocenters. The normalized spacial score (nSPS) is 18.4. The minimum absolute atomic E-state index is 0.565. The molecule has 1 N–H and O–H groups in total. The minimum Gasteiger partial charge on any atom is -0.312 e. The van der Waals surface area contributed by atoms with Crippen LogP contribution in [0, 0.1) is 5.92 Å². The van der Waals surface area contributed by atoms with Gasteiger partial charge in [0, 0.05) is 15.8 Å². The SMILES string of the molecule is CCCC(C)C(NC)c1cc2c(s1)CCC2. The lowest BCUT2D eigenvalue weighted by Gasteiger charge is -2.22. The van der Waals surface area contributed by atoms with Crippen LogP contribution in [0.5, 0.6) is 0 Å². The Balaban J connectivity index is 2.13. The third-order valence-electron chi connectivity index (χ3n) is 3.70. The molecule has 1 aliphatic rings. The highest BCUT2D eigenvalue weighted by atomic mass is 32.1. The predicted octanol–water partition coefficient (Wildman–Crippen LogP) is 3.93. The first-order valence-corrected chi connectivity index (χ1v) is 7.36. The highest BCUT2D eigenvalue weighted by Gasteiger charge is 2.22. The first-order valence-electron chi connectivity index (χ1n) is 6.55. The molecule has 1 heterocycles. The Morgan fingerprint density at radius 2 is 2.25 bits per heavy atom. The van der Waals surface area contributed by atoms with Crippen LogP contribution in [0.1, 0.15) is 54.5 Å². The second-order valence-corrected chi connectivity index (χ2v) is 6.15. The fourth-order valence-corrected chi connectivity index (χ4v) is 4.34. The Morgan fingerprint density at radius 1 is 1.44 bits per heavy atom. The summed E-state index contributed by atoms with van der Waals surface area (Å²) in [7, 11) is 2.10. The van der Waals surface area contributed by atoms with Crippen molar-refractivity contribution in [1.29, 1.82) is 0 Å². The van der Waals surface area contributed by atoms with Gasteiger partial charge in [0.2, 0.25) is 0 Å². The fraction of sp³-hybridized carbons (Fsp3) is 0.714. The van der Waals surface area contributed by atoms with Crippen molar-refractivity contribution < 1.29 is 0 Å². The second-order valence-electron chi connectivity index (χ2n) is 4.98. The van der Waals surface area contributed by atoms with E-state index in [-0.39, 0.29) is 0 Å². The van der Waals surface area contributed by atoms with Crippen LogP contribution in [0.25, 0.3) is 0 Å². The summed E-state index contributed by atoms with van der Waals surface area (Å²) in [5.41, 5.74) is 1.63. The van der Waals surface area contributed by atoms with Crippen molar-refractivity contribution in [2.75, 3.05) is 7.05 Å². The Bertz CT molecular complexity index is 321. The lowest BCUT2D eigenvalue weighted by Crippen LogP contribution is -2.22. The van der Waals surface area contributed by atoms with E-state index < -0.39 is 0 Å². The average Bonchev–Trinajstić information content (AvgIpc) is 2.79. The molecule has 2 heteroatoms. The summed E-state index contributed by atoms with van der Waals surface area (Å²) in [5.74, 6) is 0.744. The van der Waals surface area contributed by atoms with Gasteiger partial charge < -0.3 is 5.32 Å². The van der Waals surface area contributed by atoms with Gasteiger partial charge in [-0.1, -0.05) is 20.3 Å². The molecule has 0 saturated carbocycles. The largest absolute Gasteiger partial charge is 0.312 e. The maximum Gasteiger partial charge on any atom is 0.0438 e. The smallest absolute Gasteiger partial charge is 0.0438 e. The van der Waals surface area contributed by atoms with Crippen molar-refractivity contribution in [3.05, 3.63) is 21.4 Å². The van der Waals surface area contributed by atoms with Crippen LogP contribution < -0.4 is 5.32 Å². The molecule has 2 atom stereocenters. The molecule has 16 heavy (non-hydrogen) atoms. The van der Waals surface area contributed by atoms with Crippen molar-refractivity contribution in [1.82, 2.24) is 5.32 Å². The maximum atomic E-state index is 3.50. The van der Waals surface area contributed by atoms with E-state index in [9.17, 15) is 0 Å². The highest BCUT2D eigenvalue weighted by molar-refractivity contribution is 7.12. The number of fused-ring (bicyclic) bond motifs is 1. The van der Waals surface area contributed by atoms with Crippen LogP contribution in [-0.4, -0.2) is 7.05 Å². The molecular weight excluding hydrogens is 214 g/mol. The van der Waals surface area contributed by atoms with E-state index in [1.807, 2.05) is 11.3 Å². The summed E-state index contributed by atoms with van der Waals surface area (Å²) in [6, 6.07) is 3.02. The van der Waals surface area contributed by atoms with E-state index in [0.29, 0.717) is 6.04 Å². The van der Waals surface area contributed by atoms with Gasteiger partial charge in [-0.15, -0.1) is 11.3 Å². The number of nitrogens with one attached hydrogen (secondary N) is 1. The van der Waals surface area contributed by atoms with Gasteiger partial charge in [0.15, 0.2) is 0 Å². The summed E-state index contributed by atoms with van der Waals surface area (Å²) in [5, 5.41) is 3.50. The van der Waals surface area contributed by atoms with Gasteiger partial charge in [0.25, 0.3) is 0 Å². The third kappa shape index (κ3) is 2.33. The van der Waals surface area contributed by atoms with Gasteiger partial charge >= 0.3 is 0 Å². The summed E-state index contributed by atoms with van der Waals surface area (Å²) in [6.45, 7) is 4.65. The number of aryl methyl sites for hydroxylation is 2. The lowest BCUT2D eigenvalue weighted by atomic mass is 9.95. The summed E-state index contributed by atoms with van der Waals surface area (Å²) in [6.07, 6.45) is 6.59. The molecule has 0 aromatic carbocycles. The van der Waals surface area contributed by atoms with Gasteiger partial charge in [-0.2, -0.15) is 0 Å². The van der Waals surface area contributed by atoms with E-state index in [2.05, 4.69) is 32.3 Å². The first kappa shape index (κ1) is 12.1. The van der Waals surface area contributed by atoms with Gasteiger partial charge in [-0.05, 0) is 50.3 Å². The van der Waals surface area contributed by atoms with Crippen LogP contribution in [0.4, 0.5) is 0 Å². The van der Waals surface area contributed by atoms with Gasteiger partial charge in [0.1, 0.15) is 0 Å². The second kappa shape index (κ2) is 5.33. The first-order chi connectivity index (χ1) is 7.76. The summed E-state index contributed by atoms with van der Waals surface area (Å²) < 4.78 is 0. The molecule has 0 radical (unpaired) electrons. The number of hydrogen-bond acceptors (Lipinski definition) is 2. The van der Waals surface area contributed by atoms with Crippen LogP contribution in [0.2, 0.25) is 0 Å². The zero-order valence-electron chi connectivity index (χ0n) is 10.7. The fourth-order valence-electron chi connectivity index (χ4n) is 2.83. The molecule has 0 amide bonds. The Morgan fingerprint density at radius 3 is 2.88 bits per heavy atom. The van der Waals surface area contributed by atoms with Crippen molar-refractivity contribution in [2.45, 2.75) is 52.0 Å². The molecule has 0 fully saturated rings. The Labute approximate surface area is 103 Å². The zero-order valence-corrected chi connectivity index (χ0v) is 11.5. The predicted molar refractivity (Wildman–Crippen MR) is 72.2 cm³/mol. The minimum atomic E-state index is 0.565. The van der Waals surface area contributed by atoms with E-state index >= 15 is 0 Å². The molecule has 1 nitrogen and oxygen atoms in total. The van der Waals surface area contributed by atoms with Crippen LogP contribution in [0.15, 0.2) is 6.07 Å². The molecule has 0 bridgehead atoms. The van der Waals surface area contributed by atoms with Crippen LogP contribution in [-0.2, 0) is 12.8 Å². The standard InChI is InChI=1S/C14H23NS/c1-4-6-10(2)14(15-3)13-9-11-7-5-8-12(11)16-13/h9-10,14-15H,4-8H2,1-3H3. The third-order valence-corrected chi connectivity index (χ3v) is 5.02. The quantitative estimate of drug-likeness (QED) is 0.818. The Hall–Kier alpha value is -0.340. The van der Waals surface area contributed by atoms with Gasteiger partial charge in [-0.3, -0.25) is 0 Å². The van der Waals surface area contributed by atoms with E-state index in [1.165, 1.54) is 32.1 Å². The van der Waals surface area contributed by atoms with E-state index in [4.69, 9.17) is 0 Å². The molecule has 1 aromatic heterocycles. The van der Waals surface area contributed by atoms with Gasteiger partial charge in [0.05, 0.1) is 0 Å². The maximum absolute atomic E-state index is 3.50. The molecule has 2 rings (SSSR count). The summed E-state index contributed by atoms with van der Waals surface area (Å²) >= 11 is 2.05. The van der Waals surface area contributed by atoms with Crippen molar-refractivity contribution >= 4 is 11.3 Å². The summed E-state index contributed by atoms with van der Waals surface area (Å²) in [4.78, 5) is 3.21. The highest BCUT2D eigenvalue weighted by Crippen LogP contribution is 2.36. The average molecular weight is 237 g/mol. The molecular formula is C14H23NS. The van der Waals surface area contributed by atoms with E-state index in [1.54, 1.807) is 15.3 Å². The molecule has 1 aliphatic carbocycles. The monoisotopic (exact) mass is 237 g/mol. The molecule has 1 aromatic rings.